The lowest BCUT2D eigenvalue weighted by Crippen LogP contribution is -2.54. The summed E-state index contributed by atoms with van der Waals surface area (Å²) < 4.78 is 16.1. The van der Waals surface area contributed by atoms with E-state index in [9.17, 15) is 9.90 Å². The van der Waals surface area contributed by atoms with Crippen LogP contribution in [0, 0.1) is 0 Å². The lowest BCUT2D eigenvalue weighted by Gasteiger charge is -2.33. The van der Waals surface area contributed by atoms with Crippen molar-refractivity contribution in [2.24, 2.45) is 0 Å². The van der Waals surface area contributed by atoms with E-state index in [0.717, 1.165) is 0 Å². The van der Waals surface area contributed by atoms with Gasteiger partial charge in [-0.1, -0.05) is 6.08 Å². The van der Waals surface area contributed by atoms with Gasteiger partial charge in [0.1, 0.15) is 6.10 Å². The molecule has 3 atom stereocenters. The highest BCUT2D eigenvalue weighted by Gasteiger charge is 2.56. The first-order valence-corrected chi connectivity index (χ1v) is 5.82. The molecule has 1 fully saturated rings. The Balaban J connectivity index is 2.25. The van der Waals surface area contributed by atoms with Gasteiger partial charge >= 0.3 is 5.97 Å². The summed E-state index contributed by atoms with van der Waals surface area (Å²) in [6.07, 6.45) is 2.77. The number of hydrogen-bond donors (Lipinski definition) is 1. The second-order valence-electron chi connectivity index (χ2n) is 4.78. The van der Waals surface area contributed by atoms with Crippen LogP contribution in [0.4, 0.5) is 0 Å². The molecule has 96 valence electrons. The van der Waals surface area contributed by atoms with Crippen LogP contribution in [0.1, 0.15) is 27.2 Å². The van der Waals surface area contributed by atoms with Gasteiger partial charge in [0.05, 0.1) is 12.7 Å². The molecule has 17 heavy (non-hydrogen) atoms. The number of rotatable bonds is 2. The largest absolute Gasteiger partial charge is 0.464 e. The van der Waals surface area contributed by atoms with Crippen LogP contribution >= 0.6 is 0 Å². The lowest BCUT2D eigenvalue weighted by atomic mass is 9.86. The second kappa shape index (κ2) is 4.08. The minimum Gasteiger partial charge on any atom is -0.464 e. The van der Waals surface area contributed by atoms with Crippen molar-refractivity contribution in [1.82, 2.24) is 0 Å². The van der Waals surface area contributed by atoms with E-state index in [-0.39, 0.29) is 12.7 Å². The van der Waals surface area contributed by atoms with Gasteiger partial charge in [0.2, 0.25) is 5.60 Å². The number of esters is 1. The monoisotopic (exact) mass is 242 g/mol. The first-order valence-electron chi connectivity index (χ1n) is 5.82. The molecule has 0 amide bonds. The van der Waals surface area contributed by atoms with E-state index in [1.807, 2.05) is 0 Å². The van der Waals surface area contributed by atoms with Crippen molar-refractivity contribution in [2.45, 2.75) is 50.8 Å². The molecule has 0 spiro atoms. The highest BCUT2D eigenvalue weighted by molar-refractivity contribution is 5.83. The molecule has 0 bridgehead atoms. The zero-order valence-corrected chi connectivity index (χ0v) is 10.3. The summed E-state index contributed by atoms with van der Waals surface area (Å²) in [5.74, 6) is -1.48. The number of carbonyl (C=O) groups is 1. The van der Waals surface area contributed by atoms with Crippen LogP contribution < -0.4 is 0 Å². The van der Waals surface area contributed by atoms with Crippen LogP contribution in [0.3, 0.4) is 0 Å². The lowest BCUT2D eigenvalue weighted by molar-refractivity contribution is -0.185. The van der Waals surface area contributed by atoms with Crippen molar-refractivity contribution in [3.8, 4) is 0 Å². The molecule has 5 heteroatoms. The van der Waals surface area contributed by atoms with E-state index in [1.54, 1.807) is 26.8 Å². The minimum atomic E-state index is -1.74. The Morgan fingerprint density at radius 2 is 2.24 bits per heavy atom. The Morgan fingerprint density at radius 1 is 1.53 bits per heavy atom. The van der Waals surface area contributed by atoms with Gasteiger partial charge in [-0.15, -0.1) is 0 Å². The maximum Gasteiger partial charge on any atom is 0.345 e. The number of fused-ring (bicyclic) bond motifs is 1. The standard InChI is InChI=1S/C12H18O5/c1-4-15-10(13)12(14)7-5-6-8-9(12)17-11(2,3)16-8/h5,7-9,14H,4,6H2,1-3H3/t8-,9-,12-/m0/s1. The average molecular weight is 242 g/mol. The zero-order valence-electron chi connectivity index (χ0n) is 10.3. The van der Waals surface area contributed by atoms with Crippen LogP contribution in [-0.2, 0) is 19.0 Å². The van der Waals surface area contributed by atoms with E-state index in [4.69, 9.17) is 14.2 Å². The number of carbonyl (C=O) groups excluding carboxylic acids is 1. The van der Waals surface area contributed by atoms with Gasteiger partial charge in [-0.2, -0.15) is 0 Å². The molecular formula is C12H18O5. The Morgan fingerprint density at radius 3 is 2.88 bits per heavy atom. The molecule has 0 aromatic carbocycles. The highest BCUT2D eigenvalue weighted by Crippen LogP contribution is 2.39. The highest BCUT2D eigenvalue weighted by atomic mass is 16.8. The fourth-order valence-electron chi connectivity index (χ4n) is 2.29. The molecule has 1 N–H and O–H groups in total. The van der Waals surface area contributed by atoms with Gasteiger partial charge in [-0.25, -0.2) is 4.79 Å². The third-order valence-corrected chi connectivity index (χ3v) is 2.96. The summed E-state index contributed by atoms with van der Waals surface area (Å²) >= 11 is 0. The Kier molecular flexibility index (Phi) is 3.01. The predicted molar refractivity (Wildman–Crippen MR) is 59.2 cm³/mol. The molecule has 5 nitrogen and oxygen atoms in total. The quantitative estimate of drug-likeness (QED) is 0.572. The van der Waals surface area contributed by atoms with Crippen LogP contribution in [-0.4, -0.2) is 41.3 Å². The van der Waals surface area contributed by atoms with E-state index >= 15 is 0 Å². The molecule has 1 heterocycles. The van der Waals surface area contributed by atoms with Crippen LogP contribution in [0.5, 0.6) is 0 Å². The van der Waals surface area contributed by atoms with Crippen molar-refractivity contribution in [3.05, 3.63) is 12.2 Å². The predicted octanol–water partition coefficient (Wildman–Crippen LogP) is 0.761. The molecule has 1 aliphatic heterocycles. The normalized spacial score (nSPS) is 38.8. The third kappa shape index (κ3) is 2.10. The number of ether oxygens (including phenoxy) is 3. The fraction of sp³-hybridized carbons (Fsp3) is 0.750. The molecule has 1 aliphatic carbocycles. The van der Waals surface area contributed by atoms with Gasteiger partial charge < -0.3 is 19.3 Å². The van der Waals surface area contributed by atoms with Crippen LogP contribution in [0.15, 0.2) is 12.2 Å². The summed E-state index contributed by atoms with van der Waals surface area (Å²) in [5, 5.41) is 10.4. The topological polar surface area (TPSA) is 65.0 Å². The van der Waals surface area contributed by atoms with Crippen LogP contribution in [0.25, 0.3) is 0 Å². The fourth-order valence-corrected chi connectivity index (χ4v) is 2.29. The number of aliphatic hydroxyl groups is 1. The van der Waals surface area contributed by atoms with E-state index in [1.165, 1.54) is 6.08 Å². The molecule has 2 aliphatic rings. The summed E-state index contributed by atoms with van der Waals surface area (Å²) in [7, 11) is 0. The molecule has 0 unspecified atom stereocenters. The zero-order chi connectivity index (χ0) is 12.7. The minimum absolute atomic E-state index is 0.219. The summed E-state index contributed by atoms with van der Waals surface area (Å²) in [6, 6.07) is 0. The first-order chi connectivity index (χ1) is 7.89. The van der Waals surface area contributed by atoms with Crippen LogP contribution in [0.2, 0.25) is 0 Å². The first kappa shape index (κ1) is 12.5. The van der Waals surface area contributed by atoms with E-state index in [0.29, 0.717) is 6.42 Å². The Hall–Kier alpha value is -0.910. The Bertz CT molecular complexity index is 349. The molecule has 1 saturated heterocycles. The third-order valence-electron chi connectivity index (χ3n) is 2.96. The summed E-state index contributed by atoms with van der Waals surface area (Å²) in [5.41, 5.74) is -1.74. The smallest absolute Gasteiger partial charge is 0.345 e. The maximum absolute atomic E-state index is 11.8. The average Bonchev–Trinajstić information content (AvgIpc) is 2.55. The molecule has 2 rings (SSSR count). The molecule has 0 saturated carbocycles. The molecule has 0 aromatic heterocycles. The van der Waals surface area contributed by atoms with Crippen molar-refractivity contribution >= 4 is 5.97 Å². The molecule has 0 aromatic rings. The van der Waals surface area contributed by atoms with Gasteiger partial charge in [0, 0.05) is 0 Å². The molecular weight excluding hydrogens is 224 g/mol. The van der Waals surface area contributed by atoms with Gasteiger partial charge in [0.15, 0.2) is 5.79 Å². The van der Waals surface area contributed by atoms with Crippen molar-refractivity contribution in [2.75, 3.05) is 6.61 Å². The van der Waals surface area contributed by atoms with Crippen molar-refractivity contribution < 1.29 is 24.1 Å². The van der Waals surface area contributed by atoms with Gasteiger partial charge in [0.25, 0.3) is 0 Å². The van der Waals surface area contributed by atoms with Crippen molar-refractivity contribution in [3.63, 3.8) is 0 Å². The maximum atomic E-state index is 11.8. The Labute approximate surface area is 100 Å². The van der Waals surface area contributed by atoms with E-state index < -0.39 is 23.5 Å². The summed E-state index contributed by atoms with van der Waals surface area (Å²) in [4.78, 5) is 11.8. The second-order valence-corrected chi connectivity index (χ2v) is 4.78. The number of hydrogen-bond acceptors (Lipinski definition) is 5. The van der Waals surface area contributed by atoms with Crippen molar-refractivity contribution in [1.29, 1.82) is 0 Å². The van der Waals surface area contributed by atoms with Gasteiger partial charge in [-0.05, 0) is 33.3 Å². The van der Waals surface area contributed by atoms with Gasteiger partial charge in [-0.3, -0.25) is 0 Å². The summed E-state index contributed by atoms with van der Waals surface area (Å²) in [6.45, 7) is 5.44. The SMILES string of the molecule is CCOC(=O)[C@]1(O)C=CC[C@@H]2OC(C)(C)O[C@@H]21. The molecule has 0 radical (unpaired) electrons. The van der Waals surface area contributed by atoms with E-state index in [2.05, 4.69) is 0 Å².